The molecule has 0 aliphatic heterocycles. The molecule has 0 nitrogen and oxygen atoms in total. The molecule has 0 bridgehead atoms. The summed E-state index contributed by atoms with van der Waals surface area (Å²) in [4.78, 5) is 0. The average Bonchev–Trinajstić information content (AvgIpc) is 2.87. The predicted molar refractivity (Wildman–Crippen MR) is 144 cm³/mol. The fraction of sp³-hybridized carbons (Fsp3) is 0.0909. The Hall–Kier alpha value is -4.11. The summed E-state index contributed by atoms with van der Waals surface area (Å²) in [5, 5.41) is 6.27. The van der Waals surface area contributed by atoms with Crippen LogP contribution in [0.3, 0.4) is 0 Å². The normalized spacial score (nSPS) is 12.0. The Morgan fingerprint density at radius 1 is 0.500 bits per heavy atom. The van der Waals surface area contributed by atoms with Crippen molar-refractivity contribution in [3.8, 4) is 22.3 Å². The third kappa shape index (κ3) is 3.54. The van der Waals surface area contributed by atoms with Crippen LogP contribution in [0.1, 0.15) is 16.7 Å². The van der Waals surface area contributed by atoms with E-state index in [1.165, 1.54) is 12.1 Å². The second kappa shape index (κ2) is 8.23. The van der Waals surface area contributed by atoms with Gasteiger partial charge in [0.25, 0.3) is 0 Å². The lowest BCUT2D eigenvalue weighted by molar-refractivity contribution is -0.137. The predicted octanol–water partition coefficient (Wildman–Crippen LogP) is 10.1. The molecule has 0 atom stereocenters. The lowest BCUT2D eigenvalue weighted by atomic mass is 9.83. The van der Waals surface area contributed by atoms with Crippen molar-refractivity contribution in [2.24, 2.45) is 0 Å². The number of hydrogen-bond acceptors (Lipinski definition) is 0. The Morgan fingerprint density at radius 2 is 1.06 bits per heavy atom. The van der Waals surface area contributed by atoms with Gasteiger partial charge in [0.15, 0.2) is 0 Å². The van der Waals surface area contributed by atoms with Crippen LogP contribution in [-0.4, -0.2) is 0 Å². The summed E-state index contributed by atoms with van der Waals surface area (Å²) in [5.41, 5.74) is 5.24. The van der Waals surface area contributed by atoms with Crippen molar-refractivity contribution in [3.63, 3.8) is 0 Å². The molecule has 0 unspecified atom stereocenters. The number of fused-ring (bicyclic) bond motifs is 3. The van der Waals surface area contributed by atoms with Crippen LogP contribution >= 0.6 is 0 Å². The highest BCUT2D eigenvalue weighted by molar-refractivity contribution is 6.23. The first kappa shape index (κ1) is 22.4. The van der Waals surface area contributed by atoms with Crippen molar-refractivity contribution in [1.29, 1.82) is 0 Å². The van der Waals surface area contributed by atoms with Crippen LogP contribution in [0.4, 0.5) is 13.2 Å². The Bertz CT molecular complexity index is 1790. The maximum atomic E-state index is 13.7. The summed E-state index contributed by atoms with van der Waals surface area (Å²) in [6.45, 7) is 4.14. The number of aryl methyl sites for hydroxylation is 2. The zero-order valence-corrected chi connectivity index (χ0v) is 19.9. The van der Waals surface area contributed by atoms with Gasteiger partial charge in [0.2, 0.25) is 0 Å². The molecule has 0 fully saturated rings. The van der Waals surface area contributed by atoms with Crippen LogP contribution in [0, 0.1) is 13.8 Å². The molecule has 0 heterocycles. The van der Waals surface area contributed by atoms with E-state index in [1.54, 1.807) is 6.07 Å². The summed E-state index contributed by atoms with van der Waals surface area (Å²) in [5.74, 6) is 0. The van der Waals surface area contributed by atoms with Crippen LogP contribution in [0.25, 0.3) is 54.6 Å². The average molecular weight is 477 g/mol. The fourth-order valence-electron chi connectivity index (χ4n) is 5.33. The fourth-order valence-corrected chi connectivity index (χ4v) is 5.33. The van der Waals surface area contributed by atoms with Gasteiger partial charge in [-0.05, 0) is 91.7 Å². The Kier molecular flexibility index (Phi) is 5.11. The zero-order valence-electron chi connectivity index (χ0n) is 19.9. The third-order valence-electron chi connectivity index (χ3n) is 7.18. The lowest BCUT2D eigenvalue weighted by Gasteiger charge is -2.20. The van der Waals surface area contributed by atoms with Gasteiger partial charge in [-0.1, -0.05) is 91.0 Å². The van der Waals surface area contributed by atoms with Crippen LogP contribution in [0.2, 0.25) is 0 Å². The Morgan fingerprint density at radius 3 is 1.75 bits per heavy atom. The molecule has 3 heteroatoms. The van der Waals surface area contributed by atoms with Gasteiger partial charge in [0.1, 0.15) is 0 Å². The molecule has 176 valence electrons. The minimum Gasteiger partial charge on any atom is -0.166 e. The topological polar surface area (TPSA) is 0 Å². The number of hydrogen-bond donors (Lipinski definition) is 0. The summed E-state index contributed by atoms with van der Waals surface area (Å²) >= 11 is 0. The van der Waals surface area contributed by atoms with Gasteiger partial charge >= 0.3 is 6.18 Å². The van der Waals surface area contributed by atoms with Gasteiger partial charge in [-0.15, -0.1) is 0 Å². The van der Waals surface area contributed by atoms with Gasteiger partial charge in [-0.2, -0.15) is 13.2 Å². The van der Waals surface area contributed by atoms with Crippen molar-refractivity contribution < 1.29 is 13.2 Å². The van der Waals surface area contributed by atoms with E-state index in [-0.39, 0.29) is 0 Å². The smallest absolute Gasteiger partial charge is 0.166 e. The maximum Gasteiger partial charge on any atom is 0.416 e. The molecule has 0 aliphatic carbocycles. The van der Waals surface area contributed by atoms with E-state index in [4.69, 9.17) is 0 Å². The number of halogens is 3. The minimum absolute atomic E-state index is 0.568. The molecule has 6 aromatic rings. The molecule has 36 heavy (non-hydrogen) atoms. The van der Waals surface area contributed by atoms with Gasteiger partial charge in [-0.3, -0.25) is 0 Å². The largest absolute Gasteiger partial charge is 0.416 e. The van der Waals surface area contributed by atoms with Gasteiger partial charge in [0.05, 0.1) is 5.56 Å². The van der Waals surface area contributed by atoms with E-state index in [9.17, 15) is 13.2 Å². The number of benzene rings is 6. The lowest BCUT2D eigenvalue weighted by Crippen LogP contribution is -2.04. The SMILES string of the molecule is Cc1cc2c(-c3cccc(C(F)(F)F)c3)c3ccccc3c(-c3cccc4ccccc34)c2cc1C. The van der Waals surface area contributed by atoms with E-state index < -0.39 is 11.7 Å². The Balaban J connectivity index is 1.82. The van der Waals surface area contributed by atoms with Crippen molar-refractivity contribution >= 4 is 32.3 Å². The maximum absolute atomic E-state index is 13.7. The molecule has 0 amide bonds. The monoisotopic (exact) mass is 476 g/mol. The number of alkyl halides is 3. The molecule has 6 aromatic carbocycles. The summed E-state index contributed by atoms with van der Waals surface area (Å²) in [7, 11) is 0. The molecular weight excluding hydrogens is 453 g/mol. The highest BCUT2D eigenvalue weighted by Crippen LogP contribution is 2.46. The molecule has 6 rings (SSSR count). The second-order valence-electron chi connectivity index (χ2n) is 9.38. The van der Waals surface area contributed by atoms with E-state index in [2.05, 4.69) is 62.4 Å². The summed E-state index contributed by atoms with van der Waals surface area (Å²) < 4.78 is 41.0. The van der Waals surface area contributed by atoms with Crippen molar-refractivity contribution in [2.45, 2.75) is 20.0 Å². The number of rotatable bonds is 2. The minimum atomic E-state index is -4.41. The van der Waals surface area contributed by atoms with Crippen molar-refractivity contribution in [2.75, 3.05) is 0 Å². The van der Waals surface area contributed by atoms with Crippen LogP contribution in [-0.2, 0) is 6.18 Å². The highest BCUT2D eigenvalue weighted by atomic mass is 19.4. The molecule has 0 aliphatic rings. The van der Waals surface area contributed by atoms with Gasteiger partial charge < -0.3 is 0 Å². The van der Waals surface area contributed by atoms with E-state index in [0.717, 1.165) is 66.2 Å². The molecule has 0 N–H and O–H groups in total. The Labute approximate surface area is 207 Å². The second-order valence-corrected chi connectivity index (χ2v) is 9.38. The van der Waals surface area contributed by atoms with E-state index >= 15 is 0 Å². The van der Waals surface area contributed by atoms with Crippen molar-refractivity contribution in [1.82, 2.24) is 0 Å². The molecule has 0 saturated heterocycles. The quantitative estimate of drug-likeness (QED) is 0.218. The third-order valence-corrected chi connectivity index (χ3v) is 7.18. The zero-order chi connectivity index (χ0) is 25.0. The standard InChI is InChI=1S/C33H23F3/c1-20-17-29-30(18-21(20)2)32(26-16-8-10-22-9-3-4-13-25(22)26)28-15-6-5-14-27(28)31(29)23-11-7-12-24(19-23)33(34,35)36/h3-19H,1-2H3. The molecule has 0 radical (unpaired) electrons. The van der Waals surface area contributed by atoms with Crippen molar-refractivity contribution in [3.05, 3.63) is 120 Å². The van der Waals surface area contributed by atoms with E-state index in [1.807, 2.05) is 30.3 Å². The molecule has 0 spiro atoms. The van der Waals surface area contributed by atoms with Gasteiger partial charge in [0, 0.05) is 0 Å². The van der Waals surface area contributed by atoms with Gasteiger partial charge in [-0.25, -0.2) is 0 Å². The molecular formula is C33H23F3. The first-order valence-electron chi connectivity index (χ1n) is 11.9. The molecule has 0 aromatic heterocycles. The van der Waals surface area contributed by atoms with E-state index in [0.29, 0.717) is 5.56 Å². The highest BCUT2D eigenvalue weighted by Gasteiger charge is 2.31. The van der Waals surface area contributed by atoms with Crippen LogP contribution < -0.4 is 0 Å². The van der Waals surface area contributed by atoms with Crippen LogP contribution in [0.15, 0.2) is 103 Å². The summed E-state index contributed by atoms with van der Waals surface area (Å²) in [6.07, 6.45) is -4.41. The molecule has 0 saturated carbocycles. The first-order valence-corrected chi connectivity index (χ1v) is 11.9. The summed E-state index contributed by atoms with van der Waals surface area (Å²) in [6, 6.07) is 32.7. The van der Waals surface area contributed by atoms with Crippen LogP contribution in [0.5, 0.6) is 0 Å². The first-order chi connectivity index (χ1) is 17.3.